The van der Waals surface area contributed by atoms with Crippen LogP contribution < -0.4 is 10.5 Å². The van der Waals surface area contributed by atoms with E-state index in [1.54, 1.807) is 11.8 Å². The van der Waals surface area contributed by atoms with Crippen molar-refractivity contribution in [1.29, 1.82) is 0 Å². The molecule has 8 heteroatoms. The summed E-state index contributed by atoms with van der Waals surface area (Å²) in [5, 5.41) is 11.3. The highest BCUT2D eigenvalue weighted by atomic mass is 35.5. The molecule has 0 aromatic heterocycles. The van der Waals surface area contributed by atoms with Crippen LogP contribution in [0.2, 0.25) is 5.02 Å². The first-order valence-electron chi connectivity index (χ1n) is 7.55. The predicted octanol–water partition coefficient (Wildman–Crippen LogP) is 2.36. The monoisotopic (exact) mass is 341 g/mol. The van der Waals surface area contributed by atoms with E-state index >= 15 is 0 Å². The molecule has 1 aromatic rings. The van der Waals surface area contributed by atoms with Crippen molar-refractivity contribution in [2.24, 2.45) is 5.73 Å². The Morgan fingerprint density at radius 1 is 1.57 bits per heavy atom. The van der Waals surface area contributed by atoms with E-state index < -0.39 is 11.0 Å². The molecule has 1 aromatic carbocycles. The van der Waals surface area contributed by atoms with Gasteiger partial charge in [-0.05, 0) is 38.3 Å². The summed E-state index contributed by atoms with van der Waals surface area (Å²) < 4.78 is 5.54. The zero-order chi connectivity index (χ0) is 17.0. The maximum atomic E-state index is 12.6. The summed E-state index contributed by atoms with van der Waals surface area (Å²) >= 11 is 5.77. The SMILES string of the molecule is CC(Oc1ccc(Cl)cc1[N+](=O)[O-])C(=O)N1CCCCC1CN. The Labute approximate surface area is 139 Å². The first kappa shape index (κ1) is 17.5. The highest BCUT2D eigenvalue weighted by Crippen LogP contribution is 2.31. The maximum absolute atomic E-state index is 12.6. The van der Waals surface area contributed by atoms with Gasteiger partial charge in [-0.25, -0.2) is 0 Å². The van der Waals surface area contributed by atoms with Crippen molar-refractivity contribution < 1.29 is 14.5 Å². The molecule has 2 rings (SSSR count). The van der Waals surface area contributed by atoms with Gasteiger partial charge in [0.25, 0.3) is 5.91 Å². The molecule has 1 amide bonds. The number of nitro benzene ring substituents is 1. The Hall–Kier alpha value is -1.86. The number of amides is 1. The molecule has 126 valence electrons. The molecule has 7 nitrogen and oxygen atoms in total. The summed E-state index contributed by atoms with van der Waals surface area (Å²) in [7, 11) is 0. The van der Waals surface area contributed by atoms with Gasteiger partial charge in [-0.1, -0.05) is 11.6 Å². The quantitative estimate of drug-likeness (QED) is 0.654. The Morgan fingerprint density at radius 3 is 2.96 bits per heavy atom. The van der Waals surface area contributed by atoms with E-state index in [2.05, 4.69) is 0 Å². The van der Waals surface area contributed by atoms with E-state index in [-0.39, 0.29) is 28.4 Å². The first-order chi connectivity index (χ1) is 10.9. The number of benzene rings is 1. The lowest BCUT2D eigenvalue weighted by Crippen LogP contribution is -2.51. The normalized spacial score (nSPS) is 19.3. The van der Waals surface area contributed by atoms with Crippen LogP contribution >= 0.6 is 11.6 Å². The predicted molar refractivity (Wildman–Crippen MR) is 86.6 cm³/mol. The summed E-state index contributed by atoms with van der Waals surface area (Å²) in [5.74, 6) is -0.175. The van der Waals surface area contributed by atoms with E-state index in [0.717, 1.165) is 19.3 Å². The fourth-order valence-corrected chi connectivity index (χ4v) is 2.91. The summed E-state index contributed by atoms with van der Waals surface area (Å²) in [4.78, 5) is 24.8. The Balaban J connectivity index is 2.13. The van der Waals surface area contributed by atoms with Crippen LogP contribution in [0.15, 0.2) is 18.2 Å². The van der Waals surface area contributed by atoms with Crippen LogP contribution in [0.3, 0.4) is 0 Å². The van der Waals surface area contributed by atoms with E-state index in [9.17, 15) is 14.9 Å². The Morgan fingerprint density at radius 2 is 2.30 bits per heavy atom. The highest BCUT2D eigenvalue weighted by molar-refractivity contribution is 6.30. The van der Waals surface area contributed by atoms with Gasteiger partial charge in [0.1, 0.15) is 0 Å². The molecule has 0 spiro atoms. The number of carbonyl (C=O) groups excluding carboxylic acids is 1. The summed E-state index contributed by atoms with van der Waals surface area (Å²) in [6.45, 7) is 2.62. The lowest BCUT2D eigenvalue weighted by molar-refractivity contribution is -0.386. The van der Waals surface area contributed by atoms with Crippen LogP contribution in [0, 0.1) is 10.1 Å². The Bertz CT molecular complexity index is 596. The smallest absolute Gasteiger partial charge is 0.312 e. The number of rotatable bonds is 5. The van der Waals surface area contributed by atoms with Crippen molar-refractivity contribution in [2.45, 2.75) is 38.3 Å². The van der Waals surface area contributed by atoms with E-state index in [1.165, 1.54) is 18.2 Å². The minimum Gasteiger partial charge on any atom is -0.474 e. The van der Waals surface area contributed by atoms with Crippen LogP contribution in [0.1, 0.15) is 26.2 Å². The van der Waals surface area contributed by atoms with Gasteiger partial charge in [0.15, 0.2) is 11.9 Å². The number of piperidine rings is 1. The second kappa shape index (κ2) is 7.61. The molecule has 0 aliphatic carbocycles. The lowest BCUT2D eigenvalue weighted by atomic mass is 10.0. The molecule has 0 radical (unpaired) electrons. The van der Waals surface area contributed by atoms with Gasteiger partial charge in [-0.2, -0.15) is 0 Å². The van der Waals surface area contributed by atoms with Gasteiger partial charge in [0.05, 0.1) is 4.92 Å². The number of hydrogen-bond donors (Lipinski definition) is 1. The van der Waals surface area contributed by atoms with E-state index in [0.29, 0.717) is 13.1 Å². The number of ether oxygens (including phenoxy) is 1. The topological polar surface area (TPSA) is 98.7 Å². The van der Waals surface area contributed by atoms with E-state index in [4.69, 9.17) is 22.1 Å². The number of likely N-dealkylation sites (tertiary alicyclic amines) is 1. The molecule has 0 saturated carbocycles. The van der Waals surface area contributed by atoms with Gasteiger partial charge in [0.2, 0.25) is 0 Å². The zero-order valence-corrected chi connectivity index (χ0v) is 13.7. The maximum Gasteiger partial charge on any atom is 0.312 e. The molecule has 1 aliphatic heterocycles. The first-order valence-corrected chi connectivity index (χ1v) is 7.93. The highest BCUT2D eigenvalue weighted by Gasteiger charge is 2.31. The van der Waals surface area contributed by atoms with Gasteiger partial charge in [0, 0.05) is 30.2 Å². The Kier molecular flexibility index (Phi) is 5.79. The molecule has 1 aliphatic rings. The zero-order valence-electron chi connectivity index (χ0n) is 12.9. The van der Waals surface area contributed by atoms with Crippen molar-refractivity contribution >= 4 is 23.2 Å². The average molecular weight is 342 g/mol. The molecule has 2 atom stereocenters. The number of nitro groups is 1. The van der Waals surface area contributed by atoms with Crippen molar-refractivity contribution in [3.63, 3.8) is 0 Å². The van der Waals surface area contributed by atoms with Crippen LogP contribution in [0.5, 0.6) is 5.75 Å². The number of nitrogens with two attached hydrogens (primary N) is 1. The van der Waals surface area contributed by atoms with Crippen LogP contribution in [-0.2, 0) is 4.79 Å². The lowest BCUT2D eigenvalue weighted by Gasteiger charge is -2.36. The third-order valence-corrected chi connectivity index (χ3v) is 4.19. The molecule has 0 bridgehead atoms. The van der Waals surface area contributed by atoms with Crippen molar-refractivity contribution in [3.8, 4) is 5.75 Å². The second-order valence-corrected chi connectivity index (χ2v) is 5.98. The third kappa shape index (κ3) is 4.11. The summed E-state index contributed by atoms with van der Waals surface area (Å²) in [6, 6.07) is 4.10. The standard InChI is InChI=1S/C15H20ClN3O4/c1-10(15(20)18-7-3-2-4-12(18)9-17)23-14-6-5-11(16)8-13(14)19(21)22/h5-6,8,10,12H,2-4,7,9,17H2,1H3. The van der Waals surface area contributed by atoms with Gasteiger partial charge >= 0.3 is 5.69 Å². The minimum atomic E-state index is -0.831. The van der Waals surface area contributed by atoms with Crippen molar-refractivity contribution in [3.05, 3.63) is 33.3 Å². The molecular weight excluding hydrogens is 322 g/mol. The fourth-order valence-electron chi connectivity index (χ4n) is 2.74. The molecule has 1 heterocycles. The number of carbonyl (C=O) groups is 1. The van der Waals surface area contributed by atoms with Crippen LogP contribution in [-0.4, -0.2) is 41.0 Å². The van der Waals surface area contributed by atoms with E-state index in [1.807, 2.05) is 0 Å². The number of hydrogen-bond acceptors (Lipinski definition) is 5. The minimum absolute atomic E-state index is 0.00232. The van der Waals surface area contributed by atoms with Gasteiger partial charge < -0.3 is 15.4 Å². The third-order valence-electron chi connectivity index (χ3n) is 3.95. The number of nitrogens with zero attached hydrogens (tertiary/aromatic N) is 2. The summed E-state index contributed by atoms with van der Waals surface area (Å²) in [6.07, 6.45) is 2.01. The van der Waals surface area contributed by atoms with Gasteiger partial charge in [-0.3, -0.25) is 14.9 Å². The summed E-state index contributed by atoms with van der Waals surface area (Å²) in [5.41, 5.74) is 5.47. The molecule has 1 fully saturated rings. The van der Waals surface area contributed by atoms with Gasteiger partial charge in [-0.15, -0.1) is 0 Å². The molecule has 2 unspecified atom stereocenters. The van der Waals surface area contributed by atoms with Crippen molar-refractivity contribution in [1.82, 2.24) is 4.90 Å². The fraction of sp³-hybridized carbons (Fsp3) is 0.533. The molecule has 2 N–H and O–H groups in total. The second-order valence-electron chi connectivity index (χ2n) is 5.55. The number of halogens is 1. The van der Waals surface area contributed by atoms with Crippen molar-refractivity contribution in [2.75, 3.05) is 13.1 Å². The average Bonchev–Trinajstić information content (AvgIpc) is 2.55. The molecule has 23 heavy (non-hydrogen) atoms. The van der Waals surface area contributed by atoms with Crippen LogP contribution in [0.4, 0.5) is 5.69 Å². The molecular formula is C15H20ClN3O4. The van der Waals surface area contributed by atoms with Crippen LogP contribution in [0.25, 0.3) is 0 Å². The largest absolute Gasteiger partial charge is 0.474 e. The molecule has 1 saturated heterocycles.